The summed E-state index contributed by atoms with van der Waals surface area (Å²) in [6.45, 7) is 8.17. The molecule has 2 aromatic rings. The molecule has 0 heterocycles. The molecular formula is C22H29NO3Si. The van der Waals surface area contributed by atoms with E-state index in [1.807, 2.05) is 64.1 Å². The van der Waals surface area contributed by atoms with Crippen LogP contribution in [-0.4, -0.2) is 26.6 Å². The van der Waals surface area contributed by atoms with E-state index in [2.05, 4.69) is 6.07 Å². The molecule has 0 saturated carbocycles. The predicted molar refractivity (Wildman–Crippen MR) is 111 cm³/mol. The summed E-state index contributed by atoms with van der Waals surface area (Å²) in [5.74, 6) is 0.271. The Kier molecular flexibility index (Phi) is 8.05. The molecule has 27 heavy (non-hydrogen) atoms. The number of aromatic hydroxyl groups is 1. The topological polar surface area (TPSA) is 62.5 Å². The Morgan fingerprint density at radius 3 is 2.19 bits per heavy atom. The second kappa shape index (κ2) is 10.3. The van der Waals surface area contributed by atoms with E-state index in [0.29, 0.717) is 5.56 Å². The van der Waals surface area contributed by atoms with Crippen molar-refractivity contribution in [1.82, 2.24) is 0 Å². The van der Waals surface area contributed by atoms with Gasteiger partial charge in [0, 0.05) is 12.2 Å². The fraction of sp³-hybridized carbons (Fsp3) is 0.409. The molecule has 0 atom stereocenters. The molecule has 5 heteroatoms. The molecule has 0 spiro atoms. The van der Waals surface area contributed by atoms with Crippen molar-refractivity contribution < 1.29 is 14.0 Å². The Balaban J connectivity index is 2.10. The van der Waals surface area contributed by atoms with E-state index in [9.17, 15) is 5.11 Å². The first-order valence-corrected chi connectivity index (χ1v) is 11.3. The molecule has 0 saturated heterocycles. The van der Waals surface area contributed by atoms with Gasteiger partial charge in [0.2, 0.25) is 0 Å². The fourth-order valence-electron chi connectivity index (χ4n) is 3.03. The van der Waals surface area contributed by atoms with Gasteiger partial charge in [0.05, 0.1) is 11.6 Å². The van der Waals surface area contributed by atoms with Crippen LogP contribution in [0.25, 0.3) is 11.1 Å². The van der Waals surface area contributed by atoms with Crippen LogP contribution >= 0.6 is 0 Å². The Labute approximate surface area is 164 Å². The van der Waals surface area contributed by atoms with E-state index in [0.717, 1.165) is 35.6 Å². The first-order chi connectivity index (χ1) is 12.9. The molecule has 0 aliphatic heterocycles. The molecular weight excluding hydrogens is 354 g/mol. The number of hydrogen-bond acceptors (Lipinski definition) is 4. The molecule has 0 aromatic heterocycles. The SMILES string of the molecule is CC(C)O[SiH](CCCc1cc(O)ccc1-c1ccc(C#N)cc1)OC(C)C. The molecule has 0 amide bonds. The zero-order valence-electron chi connectivity index (χ0n) is 16.6. The minimum atomic E-state index is -1.70. The molecule has 0 unspecified atom stereocenters. The van der Waals surface area contributed by atoms with Gasteiger partial charge in [-0.1, -0.05) is 18.2 Å². The predicted octanol–water partition coefficient (Wildman–Crippen LogP) is 4.93. The van der Waals surface area contributed by atoms with Crippen LogP contribution in [0.3, 0.4) is 0 Å². The standard InChI is InChI=1S/C22H29NO3Si/c1-16(2)25-27(26-17(3)4)13-5-6-20-14-21(24)11-12-22(20)19-9-7-18(15-23)8-10-19/h7-12,14,16-17,24,27H,5-6,13H2,1-4H3. The summed E-state index contributed by atoms with van der Waals surface area (Å²) in [5.41, 5.74) is 3.88. The molecule has 0 bridgehead atoms. The number of phenolic OH excluding ortho intramolecular Hbond substituents is 1. The highest BCUT2D eigenvalue weighted by Crippen LogP contribution is 2.29. The number of rotatable bonds is 9. The lowest BCUT2D eigenvalue weighted by Crippen LogP contribution is -2.29. The summed E-state index contributed by atoms with van der Waals surface area (Å²) in [7, 11) is -1.70. The fourth-order valence-corrected chi connectivity index (χ4v) is 5.12. The highest BCUT2D eigenvalue weighted by atomic mass is 28.3. The van der Waals surface area contributed by atoms with Crippen LogP contribution in [0.15, 0.2) is 42.5 Å². The van der Waals surface area contributed by atoms with Gasteiger partial charge in [0.1, 0.15) is 5.75 Å². The van der Waals surface area contributed by atoms with Gasteiger partial charge in [-0.15, -0.1) is 0 Å². The van der Waals surface area contributed by atoms with Crippen molar-refractivity contribution in [2.24, 2.45) is 0 Å². The normalized spacial score (nSPS) is 11.3. The largest absolute Gasteiger partial charge is 0.508 e. The van der Waals surface area contributed by atoms with Crippen molar-refractivity contribution >= 4 is 9.28 Å². The lowest BCUT2D eigenvalue weighted by Gasteiger charge is -2.21. The number of benzene rings is 2. The second-order valence-corrected chi connectivity index (χ2v) is 9.20. The summed E-state index contributed by atoms with van der Waals surface area (Å²) in [6.07, 6.45) is 2.14. The monoisotopic (exact) mass is 383 g/mol. The van der Waals surface area contributed by atoms with Gasteiger partial charge >= 0.3 is 9.28 Å². The van der Waals surface area contributed by atoms with Crippen molar-refractivity contribution in [2.45, 2.75) is 58.8 Å². The molecule has 0 radical (unpaired) electrons. The molecule has 2 rings (SSSR count). The molecule has 2 aromatic carbocycles. The second-order valence-electron chi connectivity index (χ2n) is 7.22. The number of nitrogens with zero attached hydrogens (tertiary/aromatic N) is 1. The van der Waals surface area contributed by atoms with E-state index in [4.69, 9.17) is 14.1 Å². The number of phenols is 1. The summed E-state index contributed by atoms with van der Waals surface area (Å²) in [4.78, 5) is 0. The molecule has 4 nitrogen and oxygen atoms in total. The van der Waals surface area contributed by atoms with Gasteiger partial charge < -0.3 is 14.0 Å². The van der Waals surface area contributed by atoms with Crippen LogP contribution in [0.1, 0.15) is 45.2 Å². The van der Waals surface area contributed by atoms with Gasteiger partial charge in [0.25, 0.3) is 0 Å². The minimum absolute atomic E-state index is 0.176. The van der Waals surface area contributed by atoms with Crippen LogP contribution in [0.4, 0.5) is 0 Å². The van der Waals surface area contributed by atoms with Crippen molar-refractivity contribution in [2.75, 3.05) is 0 Å². The third-order valence-corrected chi connectivity index (χ3v) is 6.72. The minimum Gasteiger partial charge on any atom is -0.508 e. The maximum atomic E-state index is 9.93. The van der Waals surface area contributed by atoms with Crippen molar-refractivity contribution in [3.8, 4) is 22.9 Å². The molecule has 0 fully saturated rings. The van der Waals surface area contributed by atoms with E-state index < -0.39 is 9.28 Å². The first-order valence-electron chi connectivity index (χ1n) is 9.52. The summed E-state index contributed by atoms with van der Waals surface area (Å²) in [6, 6.07) is 16.1. The highest BCUT2D eigenvalue weighted by molar-refractivity contribution is 6.44. The lowest BCUT2D eigenvalue weighted by atomic mass is 9.96. The van der Waals surface area contributed by atoms with E-state index in [1.54, 1.807) is 6.07 Å². The van der Waals surface area contributed by atoms with Crippen molar-refractivity contribution in [3.63, 3.8) is 0 Å². The van der Waals surface area contributed by atoms with E-state index >= 15 is 0 Å². The van der Waals surface area contributed by atoms with Crippen LogP contribution in [0, 0.1) is 11.3 Å². The number of hydrogen-bond donors (Lipinski definition) is 1. The lowest BCUT2D eigenvalue weighted by molar-refractivity contribution is 0.129. The smallest absolute Gasteiger partial charge is 0.321 e. The van der Waals surface area contributed by atoms with Gasteiger partial charge in [-0.3, -0.25) is 0 Å². The third-order valence-electron chi connectivity index (χ3n) is 4.15. The summed E-state index contributed by atoms with van der Waals surface area (Å²) >= 11 is 0. The van der Waals surface area contributed by atoms with Crippen molar-refractivity contribution in [1.29, 1.82) is 5.26 Å². The zero-order chi connectivity index (χ0) is 19.8. The molecule has 0 aliphatic rings. The quantitative estimate of drug-likeness (QED) is 0.623. The Hall–Kier alpha value is -2.13. The zero-order valence-corrected chi connectivity index (χ0v) is 17.8. The highest BCUT2D eigenvalue weighted by Gasteiger charge is 2.17. The molecule has 0 aliphatic carbocycles. The summed E-state index contributed by atoms with van der Waals surface area (Å²) in [5, 5.41) is 18.9. The van der Waals surface area contributed by atoms with Crippen LogP contribution < -0.4 is 0 Å². The van der Waals surface area contributed by atoms with E-state index in [1.165, 1.54) is 0 Å². The number of nitriles is 1. The van der Waals surface area contributed by atoms with E-state index in [-0.39, 0.29) is 18.0 Å². The number of aryl methyl sites for hydroxylation is 1. The third kappa shape index (κ3) is 6.83. The van der Waals surface area contributed by atoms with Crippen LogP contribution in [0.5, 0.6) is 5.75 Å². The van der Waals surface area contributed by atoms with Crippen LogP contribution in [0.2, 0.25) is 6.04 Å². The first kappa shape index (κ1) is 21.2. The molecule has 144 valence electrons. The van der Waals surface area contributed by atoms with Crippen molar-refractivity contribution in [3.05, 3.63) is 53.6 Å². The Bertz CT molecular complexity index is 756. The molecule has 1 N–H and O–H groups in total. The van der Waals surface area contributed by atoms with Crippen LogP contribution in [-0.2, 0) is 15.3 Å². The van der Waals surface area contributed by atoms with Gasteiger partial charge in [-0.2, -0.15) is 5.26 Å². The Morgan fingerprint density at radius 2 is 1.63 bits per heavy atom. The van der Waals surface area contributed by atoms with Gasteiger partial charge in [-0.05, 0) is 87.5 Å². The Morgan fingerprint density at radius 1 is 1.00 bits per heavy atom. The summed E-state index contributed by atoms with van der Waals surface area (Å²) < 4.78 is 12.0. The average Bonchev–Trinajstić information content (AvgIpc) is 2.61. The maximum Gasteiger partial charge on any atom is 0.321 e. The average molecular weight is 384 g/mol. The van der Waals surface area contributed by atoms with Gasteiger partial charge in [0.15, 0.2) is 0 Å². The van der Waals surface area contributed by atoms with Gasteiger partial charge in [-0.25, -0.2) is 0 Å². The maximum absolute atomic E-state index is 9.93.